The molecule has 5 nitrogen and oxygen atoms in total. The molecule has 0 saturated carbocycles. The number of piperazine rings is 1. The standard InChI is InChI=1S/C27H30N4O/c1-21-9-5-6-12-23(21)26-28-27(32)24-13-7-8-14-25(24)31(26)20-17-29-15-18-30(19-16-29)22-10-3-2-4-11-22/h2-14,26H,15-20H2,1H3,(H,28,32). The number of para-hydroxylation sites is 2. The monoisotopic (exact) mass is 426 g/mol. The van der Waals surface area contributed by atoms with Gasteiger partial charge in [-0.05, 0) is 42.3 Å². The molecule has 5 rings (SSSR count). The van der Waals surface area contributed by atoms with E-state index in [1.54, 1.807) is 0 Å². The van der Waals surface area contributed by atoms with Crippen LogP contribution in [0.1, 0.15) is 27.7 Å². The zero-order chi connectivity index (χ0) is 21.9. The van der Waals surface area contributed by atoms with Crippen LogP contribution in [0.2, 0.25) is 0 Å². The van der Waals surface area contributed by atoms with Crippen molar-refractivity contribution in [3.8, 4) is 0 Å². The maximum atomic E-state index is 12.8. The number of hydrogen-bond donors (Lipinski definition) is 1. The van der Waals surface area contributed by atoms with Crippen LogP contribution in [0.4, 0.5) is 11.4 Å². The first kappa shape index (κ1) is 20.6. The van der Waals surface area contributed by atoms with Gasteiger partial charge in [0.05, 0.1) is 11.3 Å². The number of carbonyl (C=O) groups is 1. The minimum Gasteiger partial charge on any atom is -0.369 e. The molecule has 1 N–H and O–H groups in total. The van der Waals surface area contributed by atoms with Crippen molar-refractivity contribution in [1.29, 1.82) is 0 Å². The van der Waals surface area contributed by atoms with Gasteiger partial charge in [-0.2, -0.15) is 0 Å². The number of rotatable bonds is 5. The van der Waals surface area contributed by atoms with Crippen LogP contribution in [0.3, 0.4) is 0 Å². The molecular formula is C27H30N4O. The number of aryl methyl sites for hydroxylation is 1. The van der Waals surface area contributed by atoms with Crippen molar-refractivity contribution in [1.82, 2.24) is 10.2 Å². The van der Waals surface area contributed by atoms with Crippen LogP contribution in [-0.2, 0) is 0 Å². The average Bonchev–Trinajstić information content (AvgIpc) is 2.85. The third-order valence-electron chi connectivity index (χ3n) is 6.67. The summed E-state index contributed by atoms with van der Waals surface area (Å²) in [5, 5.41) is 3.26. The maximum Gasteiger partial charge on any atom is 0.255 e. The summed E-state index contributed by atoms with van der Waals surface area (Å²) in [7, 11) is 0. The molecule has 0 radical (unpaired) electrons. The third-order valence-corrected chi connectivity index (χ3v) is 6.67. The Hall–Kier alpha value is -3.31. The van der Waals surface area contributed by atoms with Gasteiger partial charge in [-0.1, -0.05) is 54.6 Å². The summed E-state index contributed by atoms with van der Waals surface area (Å²) >= 11 is 0. The predicted molar refractivity (Wildman–Crippen MR) is 130 cm³/mol. The molecule has 0 aliphatic carbocycles. The number of benzene rings is 3. The summed E-state index contributed by atoms with van der Waals surface area (Å²) in [5.41, 5.74) is 5.43. The van der Waals surface area contributed by atoms with Gasteiger partial charge in [0.2, 0.25) is 0 Å². The van der Waals surface area contributed by atoms with Crippen LogP contribution in [0.15, 0.2) is 78.9 Å². The maximum absolute atomic E-state index is 12.8. The van der Waals surface area contributed by atoms with Crippen LogP contribution in [0.5, 0.6) is 0 Å². The van der Waals surface area contributed by atoms with E-state index in [1.165, 1.54) is 11.3 Å². The first-order chi connectivity index (χ1) is 15.7. The molecule has 0 aromatic heterocycles. The predicted octanol–water partition coefficient (Wildman–Crippen LogP) is 4.07. The van der Waals surface area contributed by atoms with E-state index in [0.717, 1.165) is 56.1 Å². The van der Waals surface area contributed by atoms with E-state index in [1.807, 2.05) is 24.3 Å². The number of hydrogen-bond acceptors (Lipinski definition) is 4. The van der Waals surface area contributed by atoms with Gasteiger partial charge in [0, 0.05) is 45.0 Å². The van der Waals surface area contributed by atoms with Gasteiger partial charge < -0.3 is 15.1 Å². The first-order valence-corrected chi connectivity index (χ1v) is 11.4. The highest BCUT2D eigenvalue weighted by Gasteiger charge is 2.32. The molecular weight excluding hydrogens is 396 g/mol. The van der Waals surface area contributed by atoms with E-state index in [2.05, 4.69) is 81.5 Å². The van der Waals surface area contributed by atoms with E-state index in [0.29, 0.717) is 0 Å². The highest BCUT2D eigenvalue weighted by molar-refractivity contribution is 6.02. The second-order valence-corrected chi connectivity index (χ2v) is 8.61. The number of nitrogens with zero attached hydrogens (tertiary/aromatic N) is 3. The van der Waals surface area contributed by atoms with Crippen molar-refractivity contribution >= 4 is 17.3 Å². The number of anilines is 2. The lowest BCUT2D eigenvalue weighted by atomic mass is 10.00. The second kappa shape index (κ2) is 9.05. The van der Waals surface area contributed by atoms with Crippen LogP contribution in [-0.4, -0.2) is 50.1 Å². The molecule has 0 spiro atoms. The van der Waals surface area contributed by atoms with Crippen molar-refractivity contribution in [3.63, 3.8) is 0 Å². The lowest BCUT2D eigenvalue weighted by Crippen LogP contribution is -2.52. The number of nitrogens with one attached hydrogen (secondary N) is 1. The Balaban J connectivity index is 1.32. The van der Waals surface area contributed by atoms with Crippen molar-refractivity contribution < 1.29 is 4.79 Å². The van der Waals surface area contributed by atoms with Gasteiger partial charge in [0.1, 0.15) is 6.17 Å². The summed E-state index contributed by atoms with van der Waals surface area (Å²) in [6, 6.07) is 27.0. The zero-order valence-corrected chi connectivity index (χ0v) is 18.6. The molecule has 3 aromatic carbocycles. The van der Waals surface area contributed by atoms with Gasteiger partial charge in [0.25, 0.3) is 5.91 Å². The Morgan fingerprint density at radius 2 is 1.50 bits per heavy atom. The van der Waals surface area contributed by atoms with Crippen molar-refractivity contribution in [2.45, 2.75) is 13.1 Å². The van der Waals surface area contributed by atoms with Gasteiger partial charge in [-0.15, -0.1) is 0 Å². The third kappa shape index (κ3) is 4.08. The van der Waals surface area contributed by atoms with Gasteiger partial charge in [0.15, 0.2) is 0 Å². The fourth-order valence-corrected chi connectivity index (χ4v) is 4.84. The molecule has 1 atom stereocenters. The minimum absolute atomic E-state index is 0.00146. The molecule has 164 valence electrons. The zero-order valence-electron chi connectivity index (χ0n) is 18.6. The van der Waals surface area contributed by atoms with Crippen molar-refractivity contribution in [2.75, 3.05) is 49.1 Å². The molecule has 2 heterocycles. The Bertz CT molecular complexity index is 1080. The van der Waals surface area contributed by atoms with E-state index in [4.69, 9.17) is 0 Å². The molecule has 1 amide bonds. The minimum atomic E-state index is -0.149. The molecule has 3 aromatic rings. The largest absolute Gasteiger partial charge is 0.369 e. The molecule has 2 aliphatic heterocycles. The number of amides is 1. The topological polar surface area (TPSA) is 38.8 Å². The molecule has 1 fully saturated rings. The molecule has 32 heavy (non-hydrogen) atoms. The average molecular weight is 427 g/mol. The van der Waals surface area contributed by atoms with Crippen LogP contribution >= 0.6 is 0 Å². The van der Waals surface area contributed by atoms with Crippen LogP contribution in [0.25, 0.3) is 0 Å². The SMILES string of the molecule is Cc1ccccc1C1NC(=O)c2ccccc2N1CCN1CCN(c2ccccc2)CC1. The van der Waals surface area contributed by atoms with E-state index in [9.17, 15) is 4.79 Å². The fraction of sp³-hybridized carbons (Fsp3) is 0.296. The Kier molecular flexibility index (Phi) is 5.82. The highest BCUT2D eigenvalue weighted by Crippen LogP contribution is 2.34. The Morgan fingerprint density at radius 3 is 2.28 bits per heavy atom. The van der Waals surface area contributed by atoms with Gasteiger partial charge in [-0.25, -0.2) is 0 Å². The van der Waals surface area contributed by atoms with Crippen molar-refractivity contribution in [3.05, 3.63) is 95.6 Å². The second-order valence-electron chi connectivity index (χ2n) is 8.61. The van der Waals surface area contributed by atoms with Crippen molar-refractivity contribution in [2.24, 2.45) is 0 Å². The van der Waals surface area contributed by atoms with Crippen LogP contribution < -0.4 is 15.1 Å². The molecule has 0 bridgehead atoms. The summed E-state index contributed by atoms with van der Waals surface area (Å²) in [5.74, 6) is 0.00146. The smallest absolute Gasteiger partial charge is 0.255 e. The number of fused-ring (bicyclic) bond motifs is 1. The highest BCUT2D eigenvalue weighted by atomic mass is 16.2. The van der Waals surface area contributed by atoms with E-state index < -0.39 is 0 Å². The molecule has 5 heteroatoms. The lowest BCUT2D eigenvalue weighted by molar-refractivity contribution is 0.0925. The summed E-state index contributed by atoms with van der Waals surface area (Å²) in [4.78, 5) is 20.2. The Labute approximate surface area is 190 Å². The van der Waals surface area contributed by atoms with E-state index in [-0.39, 0.29) is 12.1 Å². The lowest BCUT2D eigenvalue weighted by Gasteiger charge is -2.42. The first-order valence-electron chi connectivity index (χ1n) is 11.4. The summed E-state index contributed by atoms with van der Waals surface area (Å²) < 4.78 is 0. The Morgan fingerprint density at radius 1 is 0.812 bits per heavy atom. The van der Waals surface area contributed by atoms with Gasteiger partial charge >= 0.3 is 0 Å². The van der Waals surface area contributed by atoms with Gasteiger partial charge in [-0.3, -0.25) is 9.69 Å². The van der Waals surface area contributed by atoms with Crippen LogP contribution in [0, 0.1) is 6.92 Å². The molecule has 2 aliphatic rings. The summed E-state index contributed by atoms with van der Waals surface area (Å²) in [6.07, 6.45) is -0.149. The number of carbonyl (C=O) groups excluding carboxylic acids is 1. The normalized spacial score (nSPS) is 18.9. The molecule has 1 saturated heterocycles. The fourth-order valence-electron chi connectivity index (χ4n) is 4.84. The van der Waals surface area contributed by atoms with E-state index >= 15 is 0 Å². The molecule has 1 unspecified atom stereocenters. The quantitative estimate of drug-likeness (QED) is 0.668. The summed E-state index contributed by atoms with van der Waals surface area (Å²) in [6.45, 7) is 8.12.